The number of carbonyl (C=O) groups is 1. The van der Waals surface area contributed by atoms with Gasteiger partial charge in [-0.25, -0.2) is 4.98 Å². The van der Waals surface area contributed by atoms with Crippen molar-refractivity contribution in [2.24, 2.45) is 7.05 Å². The van der Waals surface area contributed by atoms with Crippen LogP contribution in [-0.4, -0.2) is 44.7 Å². The third-order valence-corrected chi connectivity index (χ3v) is 4.86. The number of aromatic nitrogens is 3. The van der Waals surface area contributed by atoms with Crippen molar-refractivity contribution in [3.05, 3.63) is 41.3 Å². The van der Waals surface area contributed by atoms with E-state index in [2.05, 4.69) is 26.5 Å². The molecule has 7 heteroatoms. The highest BCUT2D eigenvalue weighted by atomic mass is 35.5. The molecule has 1 fully saturated rings. The standard InChI is InChI=1S/C17H22ClN5O/c1-12(17(24)21-16-4-3-15(18)10-19-16)23-7-5-13(6-8-23)14-9-20-22(2)11-14/h3-4,9-13H,5-8H2,1-2H3,(H,19,21,24). The lowest BCUT2D eigenvalue weighted by molar-refractivity contribution is -0.121. The van der Waals surface area contributed by atoms with Crippen LogP contribution in [0.2, 0.25) is 5.02 Å². The number of nitrogens with one attached hydrogen (secondary N) is 1. The van der Waals surface area contributed by atoms with Crippen molar-refractivity contribution in [3.8, 4) is 0 Å². The van der Waals surface area contributed by atoms with Gasteiger partial charge in [-0.05, 0) is 56.5 Å². The van der Waals surface area contributed by atoms with E-state index in [4.69, 9.17) is 11.6 Å². The number of amides is 1. The molecule has 0 aliphatic carbocycles. The van der Waals surface area contributed by atoms with Gasteiger partial charge in [0.15, 0.2) is 0 Å². The lowest BCUT2D eigenvalue weighted by Crippen LogP contribution is -2.45. The van der Waals surface area contributed by atoms with Gasteiger partial charge in [0.25, 0.3) is 0 Å². The van der Waals surface area contributed by atoms with E-state index in [1.54, 1.807) is 12.1 Å². The molecule has 1 aliphatic heterocycles. The number of pyridine rings is 1. The number of piperidine rings is 1. The predicted molar refractivity (Wildman–Crippen MR) is 94.1 cm³/mol. The minimum atomic E-state index is -0.183. The van der Waals surface area contributed by atoms with Crippen LogP contribution in [0.5, 0.6) is 0 Å². The maximum atomic E-state index is 12.4. The van der Waals surface area contributed by atoms with Crippen LogP contribution in [0.15, 0.2) is 30.7 Å². The third-order valence-electron chi connectivity index (χ3n) is 4.63. The number of rotatable bonds is 4. The van der Waals surface area contributed by atoms with E-state index in [1.807, 2.05) is 24.9 Å². The van der Waals surface area contributed by atoms with E-state index in [9.17, 15) is 4.79 Å². The Morgan fingerprint density at radius 3 is 2.67 bits per heavy atom. The normalized spacial score (nSPS) is 17.6. The molecule has 1 atom stereocenters. The smallest absolute Gasteiger partial charge is 0.242 e. The Kier molecular flexibility index (Phi) is 5.16. The number of halogens is 1. The highest BCUT2D eigenvalue weighted by Crippen LogP contribution is 2.28. The Morgan fingerprint density at radius 1 is 1.33 bits per heavy atom. The van der Waals surface area contributed by atoms with Gasteiger partial charge in [0, 0.05) is 19.4 Å². The number of likely N-dealkylation sites (tertiary alicyclic amines) is 1. The second-order valence-electron chi connectivity index (χ2n) is 6.28. The summed E-state index contributed by atoms with van der Waals surface area (Å²) in [6.07, 6.45) is 7.65. The maximum Gasteiger partial charge on any atom is 0.242 e. The summed E-state index contributed by atoms with van der Waals surface area (Å²) in [5.41, 5.74) is 1.29. The van der Waals surface area contributed by atoms with Gasteiger partial charge in [-0.1, -0.05) is 11.6 Å². The van der Waals surface area contributed by atoms with Crippen LogP contribution in [-0.2, 0) is 11.8 Å². The number of anilines is 1. The fourth-order valence-electron chi connectivity index (χ4n) is 3.12. The summed E-state index contributed by atoms with van der Waals surface area (Å²) in [4.78, 5) is 18.7. The van der Waals surface area contributed by atoms with Crippen LogP contribution in [0.1, 0.15) is 31.2 Å². The molecule has 128 valence electrons. The number of hydrogen-bond acceptors (Lipinski definition) is 4. The van der Waals surface area contributed by atoms with E-state index in [-0.39, 0.29) is 11.9 Å². The number of hydrogen-bond donors (Lipinski definition) is 1. The van der Waals surface area contributed by atoms with Gasteiger partial charge in [-0.3, -0.25) is 14.4 Å². The first-order chi connectivity index (χ1) is 11.5. The van der Waals surface area contributed by atoms with Gasteiger partial charge < -0.3 is 5.32 Å². The van der Waals surface area contributed by atoms with Crippen molar-refractivity contribution < 1.29 is 4.79 Å². The van der Waals surface area contributed by atoms with Crippen molar-refractivity contribution in [2.75, 3.05) is 18.4 Å². The molecule has 1 unspecified atom stereocenters. The highest BCUT2D eigenvalue weighted by Gasteiger charge is 2.27. The summed E-state index contributed by atoms with van der Waals surface area (Å²) in [7, 11) is 1.94. The average Bonchev–Trinajstić information content (AvgIpc) is 3.03. The van der Waals surface area contributed by atoms with Crippen LogP contribution in [0, 0.1) is 0 Å². The molecule has 1 aliphatic rings. The second kappa shape index (κ2) is 7.32. The Morgan fingerprint density at radius 2 is 2.08 bits per heavy atom. The number of aryl methyl sites for hydroxylation is 1. The summed E-state index contributed by atoms with van der Waals surface area (Å²) in [5.74, 6) is 1.02. The quantitative estimate of drug-likeness (QED) is 0.923. The first-order valence-corrected chi connectivity index (χ1v) is 8.56. The molecule has 0 radical (unpaired) electrons. The van der Waals surface area contributed by atoms with Crippen molar-refractivity contribution in [1.29, 1.82) is 0 Å². The summed E-state index contributed by atoms with van der Waals surface area (Å²) in [6, 6.07) is 3.24. The third kappa shape index (κ3) is 3.94. The van der Waals surface area contributed by atoms with Crippen molar-refractivity contribution in [2.45, 2.75) is 31.7 Å². The molecule has 3 heterocycles. The highest BCUT2D eigenvalue weighted by molar-refractivity contribution is 6.30. The van der Waals surface area contributed by atoms with Gasteiger partial charge in [-0.2, -0.15) is 5.10 Å². The molecule has 0 bridgehead atoms. The molecule has 3 rings (SSSR count). The molecule has 0 aromatic carbocycles. The Bertz CT molecular complexity index is 691. The lowest BCUT2D eigenvalue weighted by Gasteiger charge is -2.35. The Hall–Kier alpha value is -1.92. The monoisotopic (exact) mass is 347 g/mol. The molecule has 1 N–H and O–H groups in total. The molecule has 2 aromatic heterocycles. The van der Waals surface area contributed by atoms with Crippen LogP contribution < -0.4 is 5.32 Å². The Balaban J connectivity index is 1.53. The first-order valence-electron chi connectivity index (χ1n) is 8.18. The van der Waals surface area contributed by atoms with Crippen LogP contribution >= 0.6 is 11.6 Å². The molecule has 6 nitrogen and oxygen atoms in total. The molecule has 24 heavy (non-hydrogen) atoms. The number of carbonyl (C=O) groups excluding carboxylic acids is 1. The lowest BCUT2D eigenvalue weighted by atomic mass is 9.91. The van der Waals surface area contributed by atoms with Gasteiger partial charge >= 0.3 is 0 Å². The van der Waals surface area contributed by atoms with E-state index >= 15 is 0 Å². The minimum Gasteiger partial charge on any atom is -0.309 e. The largest absolute Gasteiger partial charge is 0.309 e. The SMILES string of the molecule is CC(C(=O)Nc1ccc(Cl)cn1)N1CCC(c2cnn(C)c2)CC1. The van der Waals surface area contributed by atoms with E-state index < -0.39 is 0 Å². The van der Waals surface area contributed by atoms with E-state index in [1.165, 1.54) is 11.8 Å². The predicted octanol–water partition coefficient (Wildman–Crippen LogP) is 2.68. The van der Waals surface area contributed by atoms with Crippen molar-refractivity contribution in [3.63, 3.8) is 0 Å². The van der Waals surface area contributed by atoms with E-state index in [0.717, 1.165) is 25.9 Å². The fraction of sp³-hybridized carbons (Fsp3) is 0.471. The topological polar surface area (TPSA) is 63.1 Å². The zero-order valence-corrected chi connectivity index (χ0v) is 14.7. The van der Waals surface area contributed by atoms with Gasteiger partial charge in [0.2, 0.25) is 5.91 Å². The summed E-state index contributed by atoms with van der Waals surface area (Å²) in [6.45, 7) is 3.75. The average molecular weight is 348 g/mol. The molecule has 2 aromatic rings. The van der Waals surface area contributed by atoms with Crippen molar-refractivity contribution >= 4 is 23.3 Å². The molecule has 0 spiro atoms. The van der Waals surface area contributed by atoms with Crippen LogP contribution in [0.3, 0.4) is 0 Å². The summed E-state index contributed by atoms with van der Waals surface area (Å²) < 4.78 is 1.84. The molecule has 1 amide bonds. The van der Waals surface area contributed by atoms with Gasteiger partial charge in [0.05, 0.1) is 17.3 Å². The van der Waals surface area contributed by atoms with Crippen LogP contribution in [0.25, 0.3) is 0 Å². The second-order valence-corrected chi connectivity index (χ2v) is 6.72. The van der Waals surface area contributed by atoms with E-state index in [0.29, 0.717) is 16.8 Å². The van der Waals surface area contributed by atoms with Crippen molar-refractivity contribution in [1.82, 2.24) is 19.7 Å². The molecular weight excluding hydrogens is 326 g/mol. The minimum absolute atomic E-state index is 0.0374. The zero-order chi connectivity index (χ0) is 17.1. The maximum absolute atomic E-state index is 12.4. The molecule has 1 saturated heterocycles. The van der Waals surface area contributed by atoms with Gasteiger partial charge in [0.1, 0.15) is 5.82 Å². The molecular formula is C17H22ClN5O. The number of nitrogens with zero attached hydrogens (tertiary/aromatic N) is 4. The van der Waals surface area contributed by atoms with Gasteiger partial charge in [-0.15, -0.1) is 0 Å². The fourth-order valence-corrected chi connectivity index (χ4v) is 3.23. The Labute approximate surface area is 146 Å². The summed E-state index contributed by atoms with van der Waals surface area (Å²) >= 11 is 5.81. The molecule has 0 saturated carbocycles. The first kappa shape index (κ1) is 16.9. The zero-order valence-electron chi connectivity index (χ0n) is 13.9. The van der Waals surface area contributed by atoms with Crippen LogP contribution in [0.4, 0.5) is 5.82 Å². The summed E-state index contributed by atoms with van der Waals surface area (Å²) in [5, 5.41) is 7.65.